The van der Waals surface area contributed by atoms with E-state index < -0.39 is 116 Å². The van der Waals surface area contributed by atoms with Gasteiger partial charge < -0.3 is 37.9 Å². The zero-order valence-electron chi connectivity index (χ0n) is 29.6. The van der Waals surface area contributed by atoms with Crippen LogP contribution in [0.3, 0.4) is 0 Å². The Kier molecular flexibility index (Phi) is 13.2. The summed E-state index contributed by atoms with van der Waals surface area (Å²) < 4.78 is 44.6. The smallest absolute Gasteiger partial charge is 0.351 e. The van der Waals surface area contributed by atoms with E-state index in [0.717, 1.165) is 63.1 Å². The number of nitrogens with one attached hydrogen (secondary N) is 2. The van der Waals surface area contributed by atoms with Crippen LogP contribution in [-0.2, 0) is 66.7 Å². The van der Waals surface area contributed by atoms with Crippen molar-refractivity contribution >= 4 is 53.5 Å². The molecule has 0 spiro atoms. The summed E-state index contributed by atoms with van der Waals surface area (Å²) >= 11 is 0. The van der Waals surface area contributed by atoms with E-state index >= 15 is 0 Å². The van der Waals surface area contributed by atoms with Gasteiger partial charge in [0.1, 0.15) is 37.1 Å². The Morgan fingerprint density at radius 3 is 1.20 bits per heavy atom. The molecular weight excluding hydrogens is 728 g/mol. The van der Waals surface area contributed by atoms with Gasteiger partial charge in [-0.25, -0.2) is 14.4 Å². The van der Waals surface area contributed by atoms with Crippen molar-refractivity contribution in [3.05, 3.63) is 45.5 Å². The van der Waals surface area contributed by atoms with Gasteiger partial charge in [-0.2, -0.15) is 9.97 Å². The molecule has 0 aliphatic carbocycles. The first-order chi connectivity index (χ1) is 25.4. The summed E-state index contributed by atoms with van der Waals surface area (Å²) in [6, 6.07) is 1.36. The summed E-state index contributed by atoms with van der Waals surface area (Å²) in [4.78, 5) is 117. The predicted octanol–water partition coefficient (Wildman–Crippen LogP) is -0.908. The van der Waals surface area contributed by atoms with Crippen LogP contribution in [0, 0.1) is 0 Å². The maximum atomic E-state index is 13.1. The Labute approximate surface area is 304 Å². The third kappa shape index (κ3) is 10.4. The lowest BCUT2D eigenvalue weighted by Gasteiger charge is -2.24. The van der Waals surface area contributed by atoms with Gasteiger partial charge in [-0.3, -0.25) is 48.5 Å². The number of aromatic nitrogens is 4. The minimum Gasteiger partial charge on any atom is -0.463 e. The second-order valence-corrected chi connectivity index (χ2v) is 11.6. The van der Waals surface area contributed by atoms with Crippen molar-refractivity contribution in [2.75, 3.05) is 23.8 Å². The molecule has 23 nitrogen and oxygen atoms in total. The predicted molar refractivity (Wildman–Crippen MR) is 173 cm³/mol. The Balaban J connectivity index is 1.50. The third-order valence-corrected chi connectivity index (χ3v) is 7.37. The fourth-order valence-electron chi connectivity index (χ4n) is 5.45. The van der Waals surface area contributed by atoms with Gasteiger partial charge in [0.25, 0.3) is 0 Å². The van der Waals surface area contributed by atoms with Gasteiger partial charge in [-0.15, -0.1) is 0 Å². The Bertz CT molecular complexity index is 1780. The maximum Gasteiger partial charge on any atom is 0.351 e. The highest BCUT2D eigenvalue weighted by Crippen LogP contribution is 2.35. The molecule has 8 atom stereocenters. The molecule has 4 rings (SSSR count). The van der Waals surface area contributed by atoms with Gasteiger partial charge in [0.15, 0.2) is 36.9 Å². The first-order valence-electron chi connectivity index (χ1n) is 16.0. The van der Waals surface area contributed by atoms with Crippen LogP contribution in [0.4, 0.5) is 16.4 Å². The standard InChI is InChI=1S/C31H36N6O17/c1-13(38)47-11-19-23(49-15(3)40)25(51-17(5)42)27(53-19)36-9-7-21(34-30(36)45)32-29(44)33-22-8-10-37(31(46)35-22)28-26(52-18(6)43)24(50-16(4)41)20(54-28)12-48-14(2)39/h7-10,19-20,23-28H,11-12H2,1-6H3,(H2,32,33,34,35,44,45,46)/t19-,20+,23-,24-,25+,26-,27-,28+/m0/s1. The molecule has 0 unspecified atom stereocenters. The van der Waals surface area contributed by atoms with Crippen LogP contribution in [-0.4, -0.2) is 111 Å². The highest BCUT2D eigenvalue weighted by Gasteiger charge is 2.52. The summed E-state index contributed by atoms with van der Waals surface area (Å²) in [5.74, 6) is -5.05. The maximum absolute atomic E-state index is 13.1. The third-order valence-electron chi connectivity index (χ3n) is 7.37. The van der Waals surface area contributed by atoms with E-state index in [-0.39, 0.29) is 11.6 Å². The number of amides is 2. The van der Waals surface area contributed by atoms with E-state index in [9.17, 15) is 43.2 Å². The molecule has 2 aromatic rings. The molecule has 292 valence electrons. The van der Waals surface area contributed by atoms with Gasteiger partial charge in [-0.1, -0.05) is 0 Å². The molecule has 2 saturated heterocycles. The highest BCUT2D eigenvalue weighted by atomic mass is 16.7. The fourth-order valence-corrected chi connectivity index (χ4v) is 5.45. The number of carbonyl (C=O) groups is 7. The van der Waals surface area contributed by atoms with E-state index in [4.69, 9.17) is 37.9 Å². The lowest BCUT2D eigenvalue weighted by Crippen LogP contribution is -2.42. The summed E-state index contributed by atoms with van der Waals surface area (Å²) in [5.41, 5.74) is -2.02. The quantitative estimate of drug-likeness (QED) is 0.195. The van der Waals surface area contributed by atoms with Crippen molar-refractivity contribution in [1.82, 2.24) is 19.1 Å². The molecule has 0 bridgehead atoms. The SMILES string of the molecule is CC(=O)OC[C@@H]1O[C@H](n2ccc(NC(=O)Nc3ccn([C@@H]4O[C@H](COC(C)=O)[C@H](OC(C)=O)[C@@H]4OC(C)=O)c(=O)n3)nc2=O)[C@H](OC(C)=O)[C@H]1OC(C)=O. The van der Waals surface area contributed by atoms with Crippen molar-refractivity contribution in [2.45, 2.75) is 90.6 Å². The summed E-state index contributed by atoms with van der Waals surface area (Å²) in [6.45, 7) is 5.81. The van der Waals surface area contributed by atoms with Crippen LogP contribution in [0.25, 0.3) is 0 Å². The van der Waals surface area contributed by atoms with Crippen LogP contribution in [0.2, 0.25) is 0 Å². The number of carbonyl (C=O) groups excluding carboxylic acids is 7. The molecule has 2 fully saturated rings. The van der Waals surface area contributed by atoms with E-state index in [1.165, 1.54) is 12.1 Å². The van der Waals surface area contributed by atoms with Crippen LogP contribution >= 0.6 is 0 Å². The van der Waals surface area contributed by atoms with Crippen LogP contribution in [0.5, 0.6) is 0 Å². The molecule has 23 heteroatoms. The second kappa shape index (κ2) is 17.5. The number of ether oxygens (including phenoxy) is 8. The molecule has 2 aliphatic rings. The van der Waals surface area contributed by atoms with Gasteiger partial charge in [0, 0.05) is 53.9 Å². The second-order valence-electron chi connectivity index (χ2n) is 11.6. The van der Waals surface area contributed by atoms with Crippen LogP contribution in [0.15, 0.2) is 34.1 Å². The molecule has 54 heavy (non-hydrogen) atoms. The van der Waals surface area contributed by atoms with Gasteiger partial charge in [0.05, 0.1) is 0 Å². The van der Waals surface area contributed by atoms with Crippen molar-refractivity contribution in [1.29, 1.82) is 0 Å². The largest absolute Gasteiger partial charge is 0.463 e. The first kappa shape index (κ1) is 40.5. The highest BCUT2D eigenvalue weighted by molar-refractivity contribution is 5.98. The summed E-state index contributed by atoms with van der Waals surface area (Å²) in [6.07, 6.45) is -8.09. The molecule has 2 aromatic heterocycles. The number of hydrogen-bond donors (Lipinski definition) is 2. The molecule has 4 heterocycles. The monoisotopic (exact) mass is 764 g/mol. The van der Waals surface area contributed by atoms with Crippen LogP contribution in [0.1, 0.15) is 54.0 Å². The molecule has 2 N–H and O–H groups in total. The summed E-state index contributed by atoms with van der Waals surface area (Å²) in [5, 5.41) is 4.58. The van der Waals surface area contributed by atoms with Crippen molar-refractivity contribution in [3.63, 3.8) is 0 Å². The lowest BCUT2D eigenvalue weighted by atomic mass is 10.1. The number of rotatable bonds is 12. The molecule has 0 radical (unpaired) electrons. The van der Waals surface area contributed by atoms with E-state index in [1.54, 1.807) is 0 Å². The molecular formula is C31H36N6O17. The average Bonchev–Trinajstić information content (AvgIpc) is 3.54. The van der Waals surface area contributed by atoms with Crippen molar-refractivity contribution in [3.8, 4) is 0 Å². The van der Waals surface area contributed by atoms with E-state index in [2.05, 4.69) is 20.6 Å². The number of nitrogens with zero attached hydrogens (tertiary/aromatic N) is 4. The molecule has 0 saturated carbocycles. The Morgan fingerprint density at radius 2 is 0.907 bits per heavy atom. The zero-order valence-corrected chi connectivity index (χ0v) is 29.6. The number of urea groups is 1. The van der Waals surface area contributed by atoms with Crippen molar-refractivity contribution < 1.29 is 71.5 Å². The average molecular weight is 765 g/mol. The van der Waals surface area contributed by atoms with Crippen LogP contribution < -0.4 is 22.0 Å². The Hall–Kier alpha value is -6.23. The zero-order chi connectivity index (χ0) is 39.9. The molecule has 2 amide bonds. The Morgan fingerprint density at radius 1 is 0.574 bits per heavy atom. The number of anilines is 2. The lowest BCUT2D eigenvalue weighted by molar-refractivity contribution is -0.166. The topological polar surface area (TPSA) is 287 Å². The minimum absolute atomic E-state index is 0.281. The van der Waals surface area contributed by atoms with Gasteiger partial charge in [-0.05, 0) is 12.1 Å². The summed E-state index contributed by atoms with van der Waals surface area (Å²) in [7, 11) is 0. The van der Waals surface area contributed by atoms with E-state index in [0.29, 0.717) is 0 Å². The fraction of sp³-hybridized carbons (Fsp3) is 0.516. The van der Waals surface area contributed by atoms with E-state index in [1.807, 2.05) is 0 Å². The first-order valence-corrected chi connectivity index (χ1v) is 16.0. The normalized spacial score (nSPS) is 24.4. The number of esters is 6. The van der Waals surface area contributed by atoms with Gasteiger partial charge >= 0.3 is 53.2 Å². The molecule has 0 aromatic carbocycles. The van der Waals surface area contributed by atoms with Gasteiger partial charge in [0.2, 0.25) is 0 Å². The van der Waals surface area contributed by atoms with Crippen molar-refractivity contribution in [2.24, 2.45) is 0 Å². The molecule has 2 aliphatic heterocycles. The number of hydrogen-bond acceptors (Lipinski definition) is 19. The minimum atomic E-state index is -1.40.